The molecular weight excluding hydrogens is 421 g/mol. The molecule has 0 aromatic carbocycles. The van der Waals surface area contributed by atoms with E-state index in [0.717, 1.165) is 18.3 Å². The van der Waals surface area contributed by atoms with E-state index in [0.29, 0.717) is 35.0 Å². The van der Waals surface area contributed by atoms with Crippen molar-refractivity contribution < 1.29 is 18.3 Å². The van der Waals surface area contributed by atoms with Crippen LogP contribution in [0.1, 0.15) is 106 Å². The molecule has 4 heteroatoms. The molecule has 1 nitrogen and oxygen atoms in total. The van der Waals surface area contributed by atoms with Crippen LogP contribution >= 0.6 is 0 Å². The third-order valence-corrected chi connectivity index (χ3v) is 11.1. The number of allylic oxidation sites excluding steroid dienone is 2. The summed E-state index contributed by atoms with van der Waals surface area (Å²) in [5, 5.41) is 10.4. The molecule has 0 aliphatic heterocycles. The molecule has 0 heterocycles. The standard InChI is InChI=1S/C29H47F3O/c1-19(8-7-14-25(2,3)4)22-11-12-23-21-10-9-20-18-28(33,29(30,31)32)17-16-26(20,5)24(21)13-15-27(22,23)6/h9-10,19-24,33H,7-8,11-18H2,1-6H3/t19-,20-,21+,22-,23+,24+,26+,27-,28+/m1/s1. The van der Waals surface area contributed by atoms with E-state index in [9.17, 15) is 18.3 Å². The molecule has 0 bridgehead atoms. The zero-order valence-electron chi connectivity index (χ0n) is 21.8. The van der Waals surface area contributed by atoms with E-state index in [1.165, 1.54) is 38.5 Å². The van der Waals surface area contributed by atoms with Crippen LogP contribution in [0.15, 0.2) is 12.2 Å². The van der Waals surface area contributed by atoms with Gasteiger partial charge in [-0.05, 0) is 103 Å². The number of aliphatic hydroxyl groups is 1. The van der Waals surface area contributed by atoms with Gasteiger partial charge in [0.15, 0.2) is 5.60 Å². The van der Waals surface area contributed by atoms with E-state index < -0.39 is 11.8 Å². The monoisotopic (exact) mass is 468 g/mol. The quantitative estimate of drug-likeness (QED) is 0.410. The molecule has 1 N–H and O–H groups in total. The van der Waals surface area contributed by atoms with Crippen molar-refractivity contribution in [1.29, 1.82) is 0 Å². The van der Waals surface area contributed by atoms with Crippen molar-refractivity contribution in [1.82, 2.24) is 0 Å². The smallest absolute Gasteiger partial charge is 0.380 e. The number of hydrogen-bond donors (Lipinski definition) is 1. The molecule has 190 valence electrons. The summed E-state index contributed by atoms with van der Waals surface area (Å²) in [6, 6.07) is 0. The fourth-order valence-electron chi connectivity index (χ4n) is 8.99. The Hall–Kier alpha value is -0.510. The van der Waals surface area contributed by atoms with E-state index in [4.69, 9.17) is 0 Å². The Morgan fingerprint density at radius 1 is 0.939 bits per heavy atom. The van der Waals surface area contributed by atoms with E-state index in [1.54, 1.807) is 0 Å². The van der Waals surface area contributed by atoms with Crippen molar-refractivity contribution in [3.8, 4) is 0 Å². The molecule has 4 aliphatic rings. The summed E-state index contributed by atoms with van der Waals surface area (Å²) >= 11 is 0. The summed E-state index contributed by atoms with van der Waals surface area (Å²) in [6.45, 7) is 14.2. The van der Waals surface area contributed by atoms with Gasteiger partial charge < -0.3 is 5.11 Å². The van der Waals surface area contributed by atoms with Crippen LogP contribution in [0.3, 0.4) is 0 Å². The second-order valence-corrected chi connectivity index (χ2v) is 14.2. The first-order chi connectivity index (χ1) is 15.1. The van der Waals surface area contributed by atoms with Crippen LogP contribution in [0, 0.1) is 51.8 Å². The van der Waals surface area contributed by atoms with Crippen LogP contribution in [-0.4, -0.2) is 16.9 Å². The number of halogens is 3. The van der Waals surface area contributed by atoms with Crippen LogP contribution < -0.4 is 0 Å². The van der Waals surface area contributed by atoms with Gasteiger partial charge in [-0.3, -0.25) is 0 Å². The Morgan fingerprint density at radius 2 is 1.61 bits per heavy atom. The van der Waals surface area contributed by atoms with Gasteiger partial charge in [0.1, 0.15) is 0 Å². The lowest BCUT2D eigenvalue weighted by atomic mass is 9.45. The molecule has 0 aromatic heterocycles. The van der Waals surface area contributed by atoms with Crippen molar-refractivity contribution in [2.45, 2.75) is 118 Å². The summed E-state index contributed by atoms with van der Waals surface area (Å²) in [7, 11) is 0. The third kappa shape index (κ3) is 4.33. The predicted octanol–water partition coefficient (Wildman–Crippen LogP) is 8.57. The van der Waals surface area contributed by atoms with Crippen LogP contribution in [0.5, 0.6) is 0 Å². The zero-order valence-corrected chi connectivity index (χ0v) is 21.8. The Morgan fingerprint density at radius 3 is 2.24 bits per heavy atom. The average molecular weight is 469 g/mol. The highest BCUT2D eigenvalue weighted by atomic mass is 19.4. The fourth-order valence-corrected chi connectivity index (χ4v) is 8.99. The molecule has 4 aliphatic carbocycles. The number of rotatable bonds is 4. The number of alkyl halides is 3. The second kappa shape index (κ2) is 8.27. The van der Waals surface area contributed by atoms with Gasteiger partial charge in [-0.2, -0.15) is 13.2 Å². The minimum atomic E-state index is -4.54. The van der Waals surface area contributed by atoms with Crippen molar-refractivity contribution >= 4 is 0 Å². The van der Waals surface area contributed by atoms with Gasteiger partial charge in [0.05, 0.1) is 0 Å². The second-order valence-electron chi connectivity index (χ2n) is 14.2. The minimum Gasteiger partial charge on any atom is -0.380 e. The number of hydrogen-bond acceptors (Lipinski definition) is 1. The van der Waals surface area contributed by atoms with Crippen LogP contribution in [0.2, 0.25) is 0 Å². The topological polar surface area (TPSA) is 20.2 Å². The summed E-state index contributed by atoms with van der Waals surface area (Å²) in [5.74, 6) is 2.95. The maximum atomic E-state index is 13.6. The Balaban J connectivity index is 1.49. The van der Waals surface area contributed by atoms with Crippen molar-refractivity contribution in [3.05, 3.63) is 12.2 Å². The van der Waals surface area contributed by atoms with Gasteiger partial charge in [-0.15, -0.1) is 0 Å². The molecule has 0 aromatic rings. The summed E-state index contributed by atoms with van der Waals surface area (Å²) in [4.78, 5) is 0. The highest BCUT2D eigenvalue weighted by Crippen LogP contribution is 2.68. The third-order valence-electron chi connectivity index (χ3n) is 11.1. The first kappa shape index (κ1) is 25.6. The fraction of sp³-hybridized carbons (Fsp3) is 0.931. The molecule has 0 radical (unpaired) electrons. The average Bonchev–Trinajstić information content (AvgIpc) is 3.04. The van der Waals surface area contributed by atoms with E-state index in [-0.39, 0.29) is 24.2 Å². The lowest BCUT2D eigenvalue weighted by Crippen LogP contribution is -2.57. The minimum absolute atomic E-state index is 0.116. The Kier molecular flexibility index (Phi) is 6.41. The SMILES string of the molecule is C[C@H](CCCC(C)(C)C)[C@H]1CC[C@H]2[C@@H]3C=C[C@@H]4C[C@](O)(C(F)(F)F)CC[C@]4(C)[C@H]3CC[C@]12C. The highest BCUT2D eigenvalue weighted by Gasteiger charge is 2.64. The van der Waals surface area contributed by atoms with E-state index in [2.05, 4.69) is 53.7 Å². The van der Waals surface area contributed by atoms with Gasteiger partial charge >= 0.3 is 6.18 Å². The van der Waals surface area contributed by atoms with Crippen molar-refractivity contribution in [3.63, 3.8) is 0 Å². The van der Waals surface area contributed by atoms with Gasteiger partial charge in [-0.25, -0.2) is 0 Å². The van der Waals surface area contributed by atoms with E-state index >= 15 is 0 Å². The normalized spacial score (nSPS) is 46.4. The summed E-state index contributed by atoms with van der Waals surface area (Å²) in [6.07, 6.45) is 8.83. The molecule has 33 heavy (non-hydrogen) atoms. The van der Waals surface area contributed by atoms with Crippen molar-refractivity contribution in [2.75, 3.05) is 0 Å². The van der Waals surface area contributed by atoms with Gasteiger partial charge in [0.2, 0.25) is 0 Å². The first-order valence-electron chi connectivity index (χ1n) is 13.6. The Labute approximate surface area is 200 Å². The Bertz CT molecular complexity index is 751. The molecular formula is C29H47F3O. The molecule has 3 fully saturated rings. The molecule has 9 atom stereocenters. The largest absolute Gasteiger partial charge is 0.417 e. The van der Waals surface area contributed by atoms with Crippen LogP contribution in [-0.2, 0) is 0 Å². The molecule has 0 amide bonds. The maximum absolute atomic E-state index is 13.6. The van der Waals surface area contributed by atoms with E-state index in [1.807, 2.05) is 0 Å². The lowest BCUT2D eigenvalue weighted by Gasteiger charge is -2.60. The van der Waals surface area contributed by atoms with Gasteiger partial charge in [0.25, 0.3) is 0 Å². The summed E-state index contributed by atoms with van der Waals surface area (Å²) in [5.41, 5.74) is -1.87. The molecule has 4 rings (SSSR count). The van der Waals surface area contributed by atoms with Gasteiger partial charge in [0, 0.05) is 0 Å². The lowest BCUT2D eigenvalue weighted by molar-refractivity contribution is -0.284. The first-order valence-corrected chi connectivity index (χ1v) is 13.6. The summed E-state index contributed by atoms with van der Waals surface area (Å²) < 4.78 is 40.7. The maximum Gasteiger partial charge on any atom is 0.417 e. The molecule has 0 spiro atoms. The predicted molar refractivity (Wildman–Crippen MR) is 129 cm³/mol. The van der Waals surface area contributed by atoms with Crippen LogP contribution in [0.4, 0.5) is 13.2 Å². The van der Waals surface area contributed by atoms with Crippen LogP contribution in [0.25, 0.3) is 0 Å². The molecule has 0 unspecified atom stereocenters. The molecule has 0 saturated heterocycles. The van der Waals surface area contributed by atoms with Crippen molar-refractivity contribution in [2.24, 2.45) is 51.8 Å². The molecule has 3 saturated carbocycles. The zero-order chi connectivity index (χ0) is 24.4. The van der Waals surface area contributed by atoms with Gasteiger partial charge in [-0.1, -0.05) is 66.5 Å². The number of fused-ring (bicyclic) bond motifs is 5. The highest BCUT2D eigenvalue weighted by molar-refractivity contribution is 5.19.